The Labute approximate surface area is 188 Å². The number of pyridine rings is 1. The number of aromatic nitrogens is 3. The van der Waals surface area contributed by atoms with Crippen molar-refractivity contribution in [3.63, 3.8) is 0 Å². The van der Waals surface area contributed by atoms with E-state index in [4.69, 9.17) is 4.74 Å². The Balaban J connectivity index is 1.39. The highest BCUT2D eigenvalue weighted by Crippen LogP contribution is 2.27. The van der Waals surface area contributed by atoms with Gasteiger partial charge in [-0.25, -0.2) is 14.8 Å². The second kappa shape index (κ2) is 9.60. The van der Waals surface area contributed by atoms with E-state index in [1.54, 1.807) is 24.8 Å². The Kier molecular flexibility index (Phi) is 6.44. The van der Waals surface area contributed by atoms with Gasteiger partial charge in [-0.05, 0) is 61.1 Å². The molecule has 1 fully saturated rings. The standard InChI is InChI=1S/C25H27N5O2/c1-17-9-22(15-26-12-17)29-25(31)30-8-7-21(19(3)16-30)10-20-5-4-6-23(11-20)32-24-27-13-18(2)14-28-24/h4-6,9-15,19H,7-8,16H2,1-3H3,(H,29,31)/b21-10+. The first-order valence-electron chi connectivity index (χ1n) is 10.7. The van der Waals surface area contributed by atoms with Crippen LogP contribution in [0.2, 0.25) is 0 Å². The lowest BCUT2D eigenvalue weighted by atomic mass is 9.91. The smallest absolute Gasteiger partial charge is 0.321 e. The van der Waals surface area contributed by atoms with E-state index < -0.39 is 0 Å². The first kappa shape index (κ1) is 21.5. The maximum Gasteiger partial charge on any atom is 0.321 e. The number of nitrogens with one attached hydrogen (secondary N) is 1. The molecule has 0 radical (unpaired) electrons. The average Bonchev–Trinajstić information content (AvgIpc) is 2.77. The van der Waals surface area contributed by atoms with Crippen LogP contribution in [0.5, 0.6) is 11.8 Å². The minimum absolute atomic E-state index is 0.0863. The number of nitrogens with zero attached hydrogens (tertiary/aromatic N) is 4. The normalized spacial score (nSPS) is 17.3. The average molecular weight is 430 g/mol. The van der Waals surface area contributed by atoms with Crippen molar-refractivity contribution < 1.29 is 9.53 Å². The van der Waals surface area contributed by atoms with Crippen molar-refractivity contribution in [2.75, 3.05) is 18.4 Å². The number of likely N-dealkylation sites (tertiary alicyclic amines) is 1. The molecule has 0 aliphatic carbocycles. The predicted molar refractivity (Wildman–Crippen MR) is 125 cm³/mol. The minimum atomic E-state index is -0.0863. The van der Waals surface area contributed by atoms with Crippen LogP contribution >= 0.6 is 0 Å². The van der Waals surface area contributed by atoms with Crippen LogP contribution in [0, 0.1) is 19.8 Å². The summed E-state index contributed by atoms with van der Waals surface area (Å²) < 4.78 is 5.79. The molecule has 1 aliphatic heterocycles. The van der Waals surface area contributed by atoms with Crippen LogP contribution in [-0.4, -0.2) is 39.0 Å². The van der Waals surface area contributed by atoms with E-state index in [0.29, 0.717) is 24.8 Å². The first-order chi connectivity index (χ1) is 15.5. The molecule has 1 N–H and O–H groups in total. The van der Waals surface area contributed by atoms with Crippen LogP contribution in [0.3, 0.4) is 0 Å². The van der Waals surface area contributed by atoms with Gasteiger partial charge < -0.3 is 15.0 Å². The van der Waals surface area contributed by atoms with E-state index in [9.17, 15) is 4.79 Å². The Morgan fingerprint density at radius 3 is 2.69 bits per heavy atom. The Morgan fingerprint density at radius 1 is 1.12 bits per heavy atom. The summed E-state index contributed by atoms with van der Waals surface area (Å²) in [5.41, 5.74) is 5.09. The lowest BCUT2D eigenvalue weighted by Gasteiger charge is -2.33. The number of rotatable bonds is 4. The number of piperidine rings is 1. The molecule has 0 spiro atoms. The van der Waals surface area contributed by atoms with Crippen LogP contribution in [0.15, 0.2) is 60.7 Å². The Hall–Kier alpha value is -3.74. The van der Waals surface area contributed by atoms with E-state index in [1.807, 2.05) is 49.1 Å². The zero-order chi connectivity index (χ0) is 22.5. The van der Waals surface area contributed by atoms with Crippen LogP contribution < -0.4 is 10.1 Å². The number of ether oxygens (including phenoxy) is 1. The van der Waals surface area contributed by atoms with Crippen molar-refractivity contribution in [2.24, 2.45) is 5.92 Å². The number of carbonyl (C=O) groups excluding carboxylic acids is 1. The van der Waals surface area contributed by atoms with Gasteiger partial charge in [-0.15, -0.1) is 0 Å². The molecule has 1 atom stereocenters. The van der Waals surface area contributed by atoms with Crippen LogP contribution in [0.4, 0.5) is 10.5 Å². The summed E-state index contributed by atoms with van der Waals surface area (Å²) in [6, 6.07) is 10.0. The largest absolute Gasteiger partial charge is 0.424 e. The van der Waals surface area contributed by atoms with Gasteiger partial charge in [-0.2, -0.15) is 0 Å². The lowest BCUT2D eigenvalue weighted by molar-refractivity contribution is 0.198. The molecule has 1 unspecified atom stereocenters. The molecule has 1 aliphatic rings. The molecular weight excluding hydrogens is 402 g/mol. The number of aryl methyl sites for hydroxylation is 2. The summed E-state index contributed by atoms with van der Waals surface area (Å²) in [7, 11) is 0. The molecule has 0 saturated carbocycles. The highest BCUT2D eigenvalue weighted by Gasteiger charge is 2.24. The van der Waals surface area contributed by atoms with E-state index in [1.165, 1.54) is 5.57 Å². The van der Waals surface area contributed by atoms with Crippen molar-refractivity contribution in [3.8, 4) is 11.8 Å². The van der Waals surface area contributed by atoms with Gasteiger partial charge in [0.05, 0.1) is 11.9 Å². The van der Waals surface area contributed by atoms with Crippen molar-refractivity contribution in [2.45, 2.75) is 27.2 Å². The summed E-state index contributed by atoms with van der Waals surface area (Å²) in [5, 5.41) is 2.95. The third-order valence-corrected chi connectivity index (χ3v) is 5.39. The Morgan fingerprint density at radius 2 is 1.94 bits per heavy atom. The molecule has 3 aromatic rings. The van der Waals surface area contributed by atoms with Gasteiger partial charge in [-0.3, -0.25) is 4.98 Å². The summed E-state index contributed by atoms with van der Waals surface area (Å²) in [6.07, 6.45) is 9.91. The third-order valence-electron chi connectivity index (χ3n) is 5.39. The fourth-order valence-corrected chi connectivity index (χ4v) is 3.70. The molecule has 4 rings (SSSR count). The van der Waals surface area contributed by atoms with Crippen LogP contribution in [0.1, 0.15) is 30.0 Å². The van der Waals surface area contributed by atoms with Crippen molar-refractivity contribution in [3.05, 3.63) is 77.4 Å². The monoisotopic (exact) mass is 429 g/mol. The molecule has 164 valence electrons. The topological polar surface area (TPSA) is 80.2 Å². The maximum atomic E-state index is 12.7. The number of carbonyl (C=O) groups is 1. The van der Waals surface area contributed by atoms with Crippen molar-refractivity contribution >= 4 is 17.8 Å². The van der Waals surface area contributed by atoms with E-state index in [2.05, 4.69) is 33.3 Å². The number of amides is 2. The summed E-state index contributed by atoms with van der Waals surface area (Å²) in [6.45, 7) is 7.39. The van der Waals surface area contributed by atoms with E-state index in [-0.39, 0.29) is 11.9 Å². The van der Waals surface area contributed by atoms with Crippen molar-refractivity contribution in [1.82, 2.24) is 19.9 Å². The summed E-state index contributed by atoms with van der Waals surface area (Å²) in [4.78, 5) is 27.0. The zero-order valence-electron chi connectivity index (χ0n) is 18.6. The summed E-state index contributed by atoms with van der Waals surface area (Å²) >= 11 is 0. The zero-order valence-corrected chi connectivity index (χ0v) is 18.6. The first-order valence-corrected chi connectivity index (χ1v) is 10.7. The van der Waals surface area contributed by atoms with E-state index in [0.717, 1.165) is 28.8 Å². The molecular formula is C25H27N5O2. The molecule has 1 saturated heterocycles. The quantitative estimate of drug-likeness (QED) is 0.614. The number of hydrogen-bond donors (Lipinski definition) is 1. The van der Waals surface area contributed by atoms with Crippen LogP contribution in [-0.2, 0) is 0 Å². The van der Waals surface area contributed by atoms with Gasteiger partial charge in [0, 0.05) is 31.7 Å². The third kappa shape index (κ3) is 5.49. The van der Waals surface area contributed by atoms with Gasteiger partial charge in [-0.1, -0.05) is 30.7 Å². The molecule has 2 aromatic heterocycles. The van der Waals surface area contributed by atoms with E-state index >= 15 is 0 Å². The second-order valence-corrected chi connectivity index (χ2v) is 8.21. The minimum Gasteiger partial charge on any atom is -0.424 e. The molecule has 3 heterocycles. The van der Waals surface area contributed by atoms with Gasteiger partial charge >= 0.3 is 12.0 Å². The van der Waals surface area contributed by atoms with Crippen LogP contribution in [0.25, 0.3) is 6.08 Å². The lowest BCUT2D eigenvalue weighted by Crippen LogP contribution is -2.42. The predicted octanol–water partition coefficient (Wildman–Crippen LogP) is 5.24. The number of benzene rings is 1. The number of anilines is 1. The number of urea groups is 1. The summed E-state index contributed by atoms with van der Waals surface area (Å²) in [5.74, 6) is 0.953. The second-order valence-electron chi connectivity index (χ2n) is 8.21. The fraction of sp³-hybridized carbons (Fsp3) is 0.280. The highest BCUT2D eigenvalue weighted by atomic mass is 16.5. The van der Waals surface area contributed by atoms with Gasteiger partial charge in [0.25, 0.3) is 0 Å². The SMILES string of the molecule is Cc1cnc(Oc2cccc(/C=C3\CCN(C(=O)Nc4cncc(C)c4)CC3C)c2)nc1. The molecule has 32 heavy (non-hydrogen) atoms. The molecule has 2 amide bonds. The van der Waals surface area contributed by atoms with Gasteiger partial charge in [0.2, 0.25) is 0 Å². The van der Waals surface area contributed by atoms with Crippen molar-refractivity contribution in [1.29, 1.82) is 0 Å². The number of hydrogen-bond acceptors (Lipinski definition) is 5. The van der Waals surface area contributed by atoms with Gasteiger partial charge in [0.1, 0.15) is 5.75 Å². The highest BCUT2D eigenvalue weighted by molar-refractivity contribution is 5.89. The molecule has 0 bridgehead atoms. The molecule has 7 heteroatoms. The maximum absolute atomic E-state index is 12.7. The Bertz CT molecular complexity index is 1130. The molecule has 7 nitrogen and oxygen atoms in total. The fourth-order valence-electron chi connectivity index (χ4n) is 3.70. The molecule has 1 aromatic carbocycles. The van der Waals surface area contributed by atoms with Gasteiger partial charge in [0.15, 0.2) is 0 Å².